The summed E-state index contributed by atoms with van der Waals surface area (Å²) in [4.78, 5) is 14.6. The monoisotopic (exact) mass is 438 g/mol. The van der Waals surface area contributed by atoms with Gasteiger partial charge in [-0.15, -0.1) is 11.8 Å². The van der Waals surface area contributed by atoms with Crippen LogP contribution in [-0.2, 0) is 10.5 Å². The molecular formula is C23H22N2O5S. The second kappa shape index (κ2) is 7.84. The summed E-state index contributed by atoms with van der Waals surface area (Å²) >= 11 is 1.29. The van der Waals surface area contributed by atoms with Crippen molar-refractivity contribution < 1.29 is 24.5 Å². The number of ether oxygens (including phenoxy) is 2. The number of thioether (sulfide) groups is 1. The molecule has 0 spiro atoms. The lowest BCUT2D eigenvalue weighted by atomic mass is 9.85. The van der Waals surface area contributed by atoms with Gasteiger partial charge in [-0.2, -0.15) is 5.26 Å². The van der Waals surface area contributed by atoms with E-state index in [1.165, 1.54) is 30.9 Å². The van der Waals surface area contributed by atoms with Gasteiger partial charge in [-0.3, -0.25) is 9.69 Å². The highest BCUT2D eigenvalue weighted by Crippen LogP contribution is 2.52. The third-order valence-electron chi connectivity index (χ3n) is 5.73. The third-order valence-corrected chi connectivity index (χ3v) is 6.95. The van der Waals surface area contributed by atoms with Crippen LogP contribution in [0.25, 0.3) is 0 Å². The number of rotatable bonds is 4. The number of hydrogen-bond donors (Lipinski definition) is 2. The number of nitriles is 1. The zero-order valence-electron chi connectivity index (χ0n) is 17.4. The van der Waals surface area contributed by atoms with Gasteiger partial charge in [0.25, 0.3) is 0 Å². The molecule has 1 fully saturated rings. The maximum atomic E-state index is 13.2. The van der Waals surface area contributed by atoms with E-state index < -0.39 is 11.6 Å². The number of amides is 1. The molecule has 0 aliphatic carbocycles. The number of aromatic hydroxyl groups is 1. The standard InChI is InChI=1S/C23H22N2O5S/c1-13-4-6-15(7-5-13)23(28)12-31-22-17(11-24)16(10-20(26)25(22)23)14-8-18(29-2)21(27)19(9-14)30-3/h4-9,16,27-28H,10,12H2,1-3H3. The molecule has 2 aromatic rings. The van der Waals surface area contributed by atoms with E-state index in [1.54, 1.807) is 24.3 Å². The van der Waals surface area contributed by atoms with E-state index in [4.69, 9.17) is 9.47 Å². The molecule has 2 aliphatic rings. The van der Waals surface area contributed by atoms with Gasteiger partial charge in [0.1, 0.15) is 0 Å². The molecule has 0 aromatic heterocycles. The van der Waals surface area contributed by atoms with Gasteiger partial charge in [0, 0.05) is 17.9 Å². The number of carbonyl (C=O) groups excluding carboxylic acids is 1. The maximum absolute atomic E-state index is 13.2. The average Bonchev–Trinajstić information content (AvgIpc) is 3.13. The van der Waals surface area contributed by atoms with Gasteiger partial charge < -0.3 is 19.7 Å². The highest BCUT2D eigenvalue weighted by Gasteiger charge is 2.51. The first kappa shape index (κ1) is 21.1. The van der Waals surface area contributed by atoms with E-state index in [2.05, 4.69) is 6.07 Å². The number of hydrogen-bond acceptors (Lipinski definition) is 7. The van der Waals surface area contributed by atoms with E-state index in [0.29, 0.717) is 21.7 Å². The molecule has 8 heteroatoms. The highest BCUT2D eigenvalue weighted by molar-refractivity contribution is 8.03. The second-order valence-electron chi connectivity index (χ2n) is 7.56. The average molecular weight is 439 g/mol. The summed E-state index contributed by atoms with van der Waals surface area (Å²) < 4.78 is 10.5. The van der Waals surface area contributed by atoms with Crippen LogP contribution < -0.4 is 9.47 Å². The molecule has 1 saturated heterocycles. The highest BCUT2D eigenvalue weighted by atomic mass is 32.2. The van der Waals surface area contributed by atoms with Crippen molar-refractivity contribution in [2.45, 2.75) is 25.0 Å². The summed E-state index contributed by atoms with van der Waals surface area (Å²) in [6, 6.07) is 12.8. The molecule has 2 unspecified atom stereocenters. The molecule has 0 radical (unpaired) electrons. The molecule has 31 heavy (non-hydrogen) atoms. The summed E-state index contributed by atoms with van der Waals surface area (Å²) in [5.41, 5.74) is 1.16. The third kappa shape index (κ3) is 3.30. The van der Waals surface area contributed by atoms with Crippen LogP contribution in [0.1, 0.15) is 29.0 Å². The van der Waals surface area contributed by atoms with Crippen LogP contribution in [0.2, 0.25) is 0 Å². The van der Waals surface area contributed by atoms with Crippen molar-refractivity contribution in [3.8, 4) is 23.3 Å². The lowest BCUT2D eigenvalue weighted by molar-refractivity contribution is -0.149. The van der Waals surface area contributed by atoms with E-state index in [9.17, 15) is 20.3 Å². The van der Waals surface area contributed by atoms with E-state index in [0.717, 1.165) is 5.56 Å². The smallest absolute Gasteiger partial charge is 0.231 e. The number of methoxy groups -OCH3 is 2. The molecular weight excluding hydrogens is 416 g/mol. The normalized spacial score (nSPS) is 22.9. The van der Waals surface area contributed by atoms with Crippen molar-refractivity contribution in [2.24, 2.45) is 0 Å². The number of allylic oxidation sites excluding steroid dienone is 1. The predicted octanol–water partition coefficient (Wildman–Crippen LogP) is 3.36. The number of aliphatic hydroxyl groups is 1. The Morgan fingerprint density at radius 2 is 1.81 bits per heavy atom. The minimum Gasteiger partial charge on any atom is -0.502 e. The molecule has 2 N–H and O–H groups in total. The van der Waals surface area contributed by atoms with Crippen molar-refractivity contribution in [2.75, 3.05) is 20.0 Å². The van der Waals surface area contributed by atoms with Gasteiger partial charge in [0.15, 0.2) is 17.2 Å². The van der Waals surface area contributed by atoms with Crippen LogP contribution in [0, 0.1) is 18.3 Å². The molecule has 160 valence electrons. The number of phenolic OH excluding ortho intramolecular Hbond substituents is 1. The zero-order valence-corrected chi connectivity index (χ0v) is 18.2. The maximum Gasteiger partial charge on any atom is 0.231 e. The van der Waals surface area contributed by atoms with Gasteiger partial charge in [-0.1, -0.05) is 29.8 Å². The van der Waals surface area contributed by atoms with Crippen LogP contribution in [0.15, 0.2) is 47.0 Å². The summed E-state index contributed by atoms with van der Waals surface area (Å²) in [6.07, 6.45) is -0.00178. The largest absolute Gasteiger partial charge is 0.502 e. The molecule has 2 aliphatic heterocycles. The second-order valence-corrected chi connectivity index (χ2v) is 8.53. The minimum absolute atomic E-state index is 0.00178. The van der Waals surface area contributed by atoms with Gasteiger partial charge in [0.05, 0.1) is 36.6 Å². The van der Waals surface area contributed by atoms with E-state index >= 15 is 0 Å². The number of phenols is 1. The molecule has 0 bridgehead atoms. The Hall–Kier alpha value is -3.15. The van der Waals surface area contributed by atoms with Crippen LogP contribution in [-0.4, -0.2) is 41.0 Å². The molecule has 2 atom stereocenters. The predicted molar refractivity (Wildman–Crippen MR) is 116 cm³/mol. The van der Waals surface area contributed by atoms with Crippen LogP contribution in [0.3, 0.4) is 0 Å². The Morgan fingerprint density at radius 3 is 2.35 bits per heavy atom. The van der Waals surface area contributed by atoms with Gasteiger partial charge in [-0.05, 0) is 24.6 Å². The fraction of sp³-hybridized carbons (Fsp3) is 0.304. The summed E-state index contributed by atoms with van der Waals surface area (Å²) in [5, 5.41) is 32.1. The van der Waals surface area contributed by atoms with Crippen LogP contribution >= 0.6 is 11.8 Å². The SMILES string of the molecule is COc1cc(C2CC(=O)N3C(=C2C#N)SCC3(O)c2ccc(C)cc2)cc(OC)c1O. The fourth-order valence-corrected chi connectivity index (χ4v) is 5.42. The van der Waals surface area contributed by atoms with Gasteiger partial charge in [0.2, 0.25) is 11.7 Å². The lowest BCUT2D eigenvalue weighted by Gasteiger charge is -2.38. The first-order valence-corrected chi connectivity index (χ1v) is 10.7. The molecule has 7 nitrogen and oxygen atoms in total. The Balaban J connectivity index is 1.82. The summed E-state index contributed by atoms with van der Waals surface area (Å²) in [5.74, 6) is -0.341. The minimum atomic E-state index is -1.51. The Kier molecular flexibility index (Phi) is 5.33. The Labute approximate surface area is 184 Å². The van der Waals surface area contributed by atoms with Gasteiger partial charge >= 0.3 is 0 Å². The topological polar surface area (TPSA) is 103 Å². The Morgan fingerprint density at radius 1 is 1.19 bits per heavy atom. The number of benzene rings is 2. The zero-order chi connectivity index (χ0) is 22.3. The Bertz CT molecular complexity index is 1100. The van der Waals surface area contributed by atoms with Crippen molar-refractivity contribution in [3.63, 3.8) is 0 Å². The van der Waals surface area contributed by atoms with E-state index in [1.807, 2.05) is 19.1 Å². The van der Waals surface area contributed by atoms with E-state index in [-0.39, 0.29) is 35.3 Å². The lowest BCUT2D eigenvalue weighted by Crippen LogP contribution is -2.48. The summed E-state index contributed by atoms with van der Waals surface area (Å²) in [7, 11) is 2.84. The number of nitrogens with zero attached hydrogens (tertiary/aromatic N) is 2. The van der Waals surface area contributed by atoms with Crippen molar-refractivity contribution in [1.29, 1.82) is 5.26 Å². The van der Waals surface area contributed by atoms with Gasteiger partial charge in [-0.25, -0.2) is 0 Å². The number of aryl methyl sites for hydroxylation is 1. The van der Waals surface area contributed by atoms with Crippen molar-refractivity contribution in [1.82, 2.24) is 4.90 Å². The molecule has 1 amide bonds. The van der Waals surface area contributed by atoms with Crippen LogP contribution in [0.4, 0.5) is 0 Å². The van der Waals surface area contributed by atoms with Crippen LogP contribution in [0.5, 0.6) is 17.2 Å². The van der Waals surface area contributed by atoms with Crippen molar-refractivity contribution in [3.05, 3.63) is 63.7 Å². The molecule has 4 rings (SSSR count). The first-order chi connectivity index (χ1) is 14.8. The molecule has 2 aromatic carbocycles. The molecule has 0 saturated carbocycles. The fourth-order valence-electron chi connectivity index (χ4n) is 4.06. The number of carbonyl (C=O) groups is 1. The number of fused-ring (bicyclic) bond motifs is 1. The quantitative estimate of drug-likeness (QED) is 0.754. The first-order valence-electron chi connectivity index (χ1n) is 9.68. The molecule has 2 heterocycles. The summed E-state index contributed by atoms with van der Waals surface area (Å²) in [6.45, 7) is 1.95. The van der Waals surface area contributed by atoms with Crippen molar-refractivity contribution >= 4 is 17.7 Å².